The fraction of sp³-hybridized carbons (Fsp3) is 0.529. The highest BCUT2D eigenvalue weighted by molar-refractivity contribution is 7.99. The smallest absolute Gasteiger partial charge is 0.242 e. The maximum absolute atomic E-state index is 12.4. The standard InChI is InChI=1S/C17H23N3O2S/c21-16(19-13-6-3-4-9-18-17(13)22)12-20-10-5-11-23-15-8-2-1-7-14(15)20/h1-2,7-8,13H,3-6,9-12H2,(H,18,22)(H,19,21)/t13-/m0/s1. The summed E-state index contributed by atoms with van der Waals surface area (Å²) in [6, 6.07) is 7.83. The second-order valence-electron chi connectivity index (χ2n) is 6.00. The number of nitrogens with one attached hydrogen (secondary N) is 2. The van der Waals surface area contributed by atoms with Gasteiger partial charge in [0.2, 0.25) is 11.8 Å². The monoisotopic (exact) mass is 333 g/mol. The molecule has 6 heteroatoms. The van der Waals surface area contributed by atoms with Crippen LogP contribution in [0.15, 0.2) is 29.2 Å². The number of para-hydroxylation sites is 1. The molecule has 5 nitrogen and oxygen atoms in total. The van der Waals surface area contributed by atoms with Gasteiger partial charge in [-0.2, -0.15) is 0 Å². The molecule has 2 aliphatic heterocycles. The molecule has 1 saturated heterocycles. The van der Waals surface area contributed by atoms with Crippen molar-refractivity contribution in [3.63, 3.8) is 0 Å². The maximum atomic E-state index is 12.4. The summed E-state index contributed by atoms with van der Waals surface area (Å²) in [4.78, 5) is 27.7. The number of carbonyl (C=O) groups excluding carboxylic acids is 2. The molecule has 2 heterocycles. The zero-order chi connectivity index (χ0) is 16.1. The number of rotatable bonds is 3. The van der Waals surface area contributed by atoms with Gasteiger partial charge in [0.25, 0.3) is 0 Å². The Kier molecular flexibility index (Phi) is 5.43. The predicted octanol–water partition coefficient (Wildman–Crippen LogP) is 1.77. The molecule has 1 fully saturated rings. The first-order valence-corrected chi connectivity index (χ1v) is 9.26. The molecule has 124 valence electrons. The van der Waals surface area contributed by atoms with Gasteiger partial charge in [-0.3, -0.25) is 9.59 Å². The van der Waals surface area contributed by atoms with Crippen molar-refractivity contribution in [3.05, 3.63) is 24.3 Å². The first-order chi connectivity index (χ1) is 11.2. The van der Waals surface area contributed by atoms with Crippen LogP contribution in [0.1, 0.15) is 25.7 Å². The lowest BCUT2D eigenvalue weighted by Crippen LogP contribution is -2.48. The minimum absolute atomic E-state index is 0.0531. The van der Waals surface area contributed by atoms with Gasteiger partial charge in [0, 0.05) is 18.0 Å². The van der Waals surface area contributed by atoms with Crippen molar-refractivity contribution < 1.29 is 9.59 Å². The number of hydrogen-bond acceptors (Lipinski definition) is 4. The van der Waals surface area contributed by atoms with Crippen molar-refractivity contribution in [1.82, 2.24) is 10.6 Å². The van der Waals surface area contributed by atoms with E-state index in [4.69, 9.17) is 0 Å². The van der Waals surface area contributed by atoms with Crippen molar-refractivity contribution in [1.29, 1.82) is 0 Å². The lowest BCUT2D eigenvalue weighted by molar-refractivity contribution is -0.128. The minimum Gasteiger partial charge on any atom is -0.361 e. The lowest BCUT2D eigenvalue weighted by Gasteiger charge is -2.25. The van der Waals surface area contributed by atoms with Crippen molar-refractivity contribution in [2.45, 2.75) is 36.6 Å². The molecule has 2 N–H and O–H groups in total. The van der Waals surface area contributed by atoms with E-state index >= 15 is 0 Å². The highest BCUT2D eigenvalue weighted by Crippen LogP contribution is 2.33. The molecule has 23 heavy (non-hydrogen) atoms. The van der Waals surface area contributed by atoms with E-state index in [9.17, 15) is 9.59 Å². The molecule has 2 amide bonds. The van der Waals surface area contributed by atoms with Crippen LogP contribution in [0.5, 0.6) is 0 Å². The van der Waals surface area contributed by atoms with Gasteiger partial charge in [-0.15, -0.1) is 11.8 Å². The molecule has 0 unspecified atom stereocenters. The Morgan fingerprint density at radius 1 is 1.30 bits per heavy atom. The second kappa shape index (κ2) is 7.73. The van der Waals surface area contributed by atoms with E-state index in [0.717, 1.165) is 43.7 Å². The maximum Gasteiger partial charge on any atom is 0.242 e. The number of carbonyl (C=O) groups is 2. The quantitative estimate of drug-likeness (QED) is 0.885. The van der Waals surface area contributed by atoms with Crippen LogP contribution in [-0.4, -0.2) is 43.2 Å². The summed E-state index contributed by atoms with van der Waals surface area (Å²) in [6.07, 6.45) is 3.72. The molecular weight excluding hydrogens is 310 g/mol. The van der Waals surface area contributed by atoms with Crippen LogP contribution in [0.25, 0.3) is 0 Å². The molecule has 3 rings (SSSR count). The molecule has 0 spiro atoms. The number of amides is 2. The van der Waals surface area contributed by atoms with E-state index in [-0.39, 0.29) is 17.9 Å². The summed E-state index contributed by atoms with van der Waals surface area (Å²) in [5.41, 5.74) is 1.12. The Morgan fingerprint density at radius 2 is 2.17 bits per heavy atom. The van der Waals surface area contributed by atoms with Gasteiger partial charge in [-0.25, -0.2) is 0 Å². The summed E-state index contributed by atoms with van der Waals surface area (Å²) in [7, 11) is 0. The lowest BCUT2D eigenvalue weighted by atomic mass is 10.1. The molecule has 0 aromatic heterocycles. The van der Waals surface area contributed by atoms with E-state index < -0.39 is 0 Å². The number of fused-ring (bicyclic) bond motifs is 1. The Bertz CT molecular complexity index is 579. The summed E-state index contributed by atoms with van der Waals surface area (Å²) in [5.74, 6) is 0.941. The third kappa shape index (κ3) is 4.19. The largest absolute Gasteiger partial charge is 0.361 e. The van der Waals surface area contributed by atoms with Crippen LogP contribution in [0.3, 0.4) is 0 Å². The summed E-state index contributed by atoms with van der Waals surface area (Å²) in [6.45, 7) is 1.89. The Balaban J connectivity index is 1.64. The highest BCUT2D eigenvalue weighted by atomic mass is 32.2. The van der Waals surface area contributed by atoms with Crippen molar-refractivity contribution in [3.8, 4) is 0 Å². The SMILES string of the molecule is O=C(CN1CCCSc2ccccc21)N[C@H]1CCCCNC1=O. The van der Waals surface area contributed by atoms with Crippen molar-refractivity contribution >= 4 is 29.3 Å². The molecule has 0 radical (unpaired) electrons. The van der Waals surface area contributed by atoms with Gasteiger partial charge in [0.05, 0.1) is 12.2 Å². The van der Waals surface area contributed by atoms with E-state index in [1.54, 1.807) is 0 Å². The molecular formula is C17H23N3O2S. The molecule has 1 atom stereocenters. The second-order valence-corrected chi connectivity index (χ2v) is 7.13. The third-order valence-corrected chi connectivity index (χ3v) is 5.39. The Hall–Kier alpha value is -1.69. The first-order valence-electron chi connectivity index (χ1n) is 8.28. The number of nitrogens with zero attached hydrogens (tertiary/aromatic N) is 1. The highest BCUT2D eigenvalue weighted by Gasteiger charge is 2.24. The zero-order valence-corrected chi connectivity index (χ0v) is 14.0. The van der Waals surface area contributed by atoms with Crippen LogP contribution in [0, 0.1) is 0 Å². The Morgan fingerprint density at radius 3 is 3.09 bits per heavy atom. The fourth-order valence-corrected chi connectivity index (χ4v) is 4.07. The molecule has 0 bridgehead atoms. The van der Waals surface area contributed by atoms with Gasteiger partial charge in [0.15, 0.2) is 0 Å². The van der Waals surface area contributed by atoms with E-state index in [2.05, 4.69) is 27.7 Å². The zero-order valence-electron chi connectivity index (χ0n) is 13.2. The van der Waals surface area contributed by atoms with E-state index in [1.807, 2.05) is 23.9 Å². The average Bonchev–Trinajstić information content (AvgIpc) is 2.87. The number of hydrogen-bond donors (Lipinski definition) is 2. The molecule has 0 aliphatic carbocycles. The first kappa shape index (κ1) is 16.2. The normalized spacial score (nSPS) is 21.7. The van der Waals surface area contributed by atoms with Crippen molar-refractivity contribution in [2.75, 3.05) is 30.3 Å². The van der Waals surface area contributed by atoms with E-state index in [0.29, 0.717) is 13.1 Å². The summed E-state index contributed by atoms with van der Waals surface area (Å²) in [5, 5.41) is 5.77. The summed E-state index contributed by atoms with van der Waals surface area (Å²) >= 11 is 1.84. The molecule has 2 aliphatic rings. The number of anilines is 1. The molecule has 1 aromatic rings. The molecule has 0 saturated carbocycles. The van der Waals surface area contributed by atoms with Crippen LogP contribution in [0.2, 0.25) is 0 Å². The van der Waals surface area contributed by atoms with Crippen LogP contribution in [0.4, 0.5) is 5.69 Å². The van der Waals surface area contributed by atoms with Crippen LogP contribution >= 0.6 is 11.8 Å². The predicted molar refractivity (Wildman–Crippen MR) is 92.8 cm³/mol. The van der Waals surface area contributed by atoms with Crippen LogP contribution < -0.4 is 15.5 Å². The Labute approximate surface area is 141 Å². The van der Waals surface area contributed by atoms with Crippen LogP contribution in [-0.2, 0) is 9.59 Å². The van der Waals surface area contributed by atoms with Crippen molar-refractivity contribution in [2.24, 2.45) is 0 Å². The topological polar surface area (TPSA) is 61.4 Å². The summed E-state index contributed by atoms with van der Waals surface area (Å²) < 4.78 is 0. The number of benzene rings is 1. The number of thioether (sulfide) groups is 1. The molecule has 1 aromatic carbocycles. The van der Waals surface area contributed by atoms with Gasteiger partial charge < -0.3 is 15.5 Å². The van der Waals surface area contributed by atoms with Gasteiger partial charge >= 0.3 is 0 Å². The van der Waals surface area contributed by atoms with Gasteiger partial charge in [-0.05, 0) is 43.6 Å². The average molecular weight is 333 g/mol. The fourth-order valence-electron chi connectivity index (χ4n) is 3.05. The van der Waals surface area contributed by atoms with E-state index in [1.165, 1.54) is 4.90 Å². The van der Waals surface area contributed by atoms with Gasteiger partial charge in [0.1, 0.15) is 6.04 Å². The minimum atomic E-state index is -0.387. The van der Waals surface area contributed by atoms with Gasteiger partial charge in [-0.1, -0.05) is 12.1 Å². The third-order valence-electron chi connectivity index (χ3n) is 4.24.